The molecule has 1 amide bonds. The van der Waals surface area contributed by atoms with Crippen LogP contribution in [0.15, 0.2) is 60.8 Å². The molecule has 0 spiro atoms. The zero-order chi connectivity index (χ0) is 15.5. The molecule has 3 aromatic rings. The Hall–Kier alpha value is -2.59. The summed E-state index contributed by atoms with van der Waals surface area (Å²) in [5.74, 6) is -0.226. The highest BCUT2D eigenvalue weighted by atomic mass is 35.5. The summed E-state index contributed by atoms with van der Waals surface area (Å²) >= 11 is 6.02. The molecular formula is C17H14ClN3O. The fraction of sp³-hybridized carbons (Fsp3) is 0.0588. The molecule has 5 heteroatoms. The SMILES string of the molecule is Cn1ccc(-c2ccc(NC(=O)c3ccccc3Cl)cc2)n1. The Bertz CT molecular complexity index is 809. The molecule has 0 aliphatic heterocycles. The van der Waals surface area contributed by atoms with Gasteiger partial charge in [-0.05, 0) is 30.3 Å². The van der Waals surface area contributed by atoms with Crippen molar-refractivity contribution in [2.75, 3.05) is 5.32 Å². The first-order valence-corrected chi connectivity index (χ1v) is 7.17. The highest BCUT2D eigenvalue weighted by Crippen LogP contribution is 2.21. The lowest BCUT2D eigenvalue weighted by Gasteiger charge is -2.07. The van der Waals surface area contributed by atoms with E-state index in [0.717, 1.165) is 11.3 Å². The molecule has 0 unspecified atom stereocenters. The van der Waals surface area contributed by atoms with Crippen molar-refractivity contribution in [1.82, 2.24) is 9.78 Å². The molecule has 22 heavy (non-hydrogen) atoms. The Labute approximate surface area is 133 Å². The lowest BCUT2D eigenvalue weighted by Crippen LogP contribution is -2.12. The van der Waals surface area contributed by atoms with Crippen molar-refractivity contribution < 1.29 is 4.79 Å². The average molecular weight is 312 g/mol. The Balaban J connectivity index is 1.76. The predicted molar refractivity (Wildman–Crippen MR) is 88.0 cm³/mol. The molecule has 1 aromatic heterocycles. The van der Waals surface area contributed by atoms with Gasteiger partial charge in [0.25, 0.3) is 5.91 Å². The maximum atomic E-state index is 12.2. The van der Waals surface area contributed by atoms with E-state index < -0.39 is 0 Å². The Kier molecular flexibility index (Phi) is 3.94. The molecule has 0 saturated carbocycles. The third kappa shape index (κ3) is 3.02. The number of hydrogen-bond acceptors (Lipinski definition) is 2. The minimum atomic E-state index is -0.226. The van der Waals surface area contributed by atoms with Gasteiger partial charge in [-0.25, -0.2) is 0 Å². The number of aryl methyl sites for hydroxylation is 1. The van der Waals surface area contributed by atoms with Gasteiger partial charge in [0, 0.05) is 24.5 Å². The van der Waals surface area contributed by atoms with Gasteiger partial charge in [-0.2, -0.15) is 5.10 Å². The third-order valence-electron chi connectivity index (χ3n) is 3.27. The standard InChI is InChI=1S/C17H14ClN3O/c1-21-11-10-16(20-21)12-6-8-13(9-7-12)19-17(22)14-4-2-3-5-15(14)18/h2-11H,1H3,(H,19,22). The van der Waals surface area contributed by atoms with Gasteiger partial charge < -0.3 is 5.32 Å². The van der Waals surface area contributed by atoms with Crippen molar-refractivity contribution in [3.05, 3.63) is 71.4 Å². The second kappa shape index (κ2) is 6.03. The van der Waals surface area contributed by atoms with Crippen molar-refractivity contribution in [2.24, 2.45) is 7.05 Å². The molecular weight excluding hydrogens is 298 g/mol. The van der Waals surface area contributed by atoms with Crippen LogP contribution >= 0.6 is 11.6 Å². The Morgan fingerprint density at radius 2 is 1.82 bits per heavy atom. The van der Waals surface area contributed by atoms with Gasteiger partial charge in [0.05, 0.1) is 16.3 Å². The summed E-state index contributed by atoms with van der Waals surface area (Å²) in [5.41, 5.74) is 3.06. The monoisotopic (exact) mass is 311 g/mol. The molecule has 1 heterocycles. The molecule has 110 valence electrons. The topological polar surface area (TPSA) is 46.9 Å². The van der Waals surface area contributed by atoms with E-state index in [9.17, 15) is 4.79 Å². The number of carbonyl (C=O) groups is 1. The van der Waals surface area contributed by atoms with Gasteiger partial charge in [-0.3, -0.25) is 9.48 Å². The summed E-state index contributed by atoms with van der Waals surface area (Å²) in [5, 5.41) is 7.61. The van der Waals surface area contributed by atoms with Crippen molar-refractivity contribution in [3.63, 3.8) is 0 Å². The first-order valence-electron chi connectivity index (χ1n) is 6.79. The summed E-state index contributed by atoms with van der Waals surface area (Å²) in [7, 11) is 1.88. The zero-order valence-corrected chi connectivity index (χ0v) is 12.7. The molecule has 3 rings (SSSR count). The van der Waals surface area contributed by atoms with E-state index in [0.29, 0.717) is 16.3 Å². The fourth-order valence-corrected chi connectivity index (χ4v) is 2.36. The number of hydrogen-bond donors (Lipinski definition) is 1. The molecule has 0 aliphatic carbocycles. The fourth-order valence-electron chi connectivity index (χ4n) is 2.14. The van der Waals surface area contributed by atoms with E-state index in [-0.39, 0.29) is 5.91 Å². The number of nitrogens with one attached hydrogen (secondary N) is 1. The van der Waals surface area contributed by atoms with E-state index in [1.165, 1.54) is 0 Å². The summed E-state index contributed by atoms with van der Waals surface area (Å²) in [6, 6.07) is 16.4. The van der Waals surface area contributed by atoms with Crippen LogP contribution in [0.25, 0.3) is 11.3 Å². The summed E-state index contributed by atoms with van der Waals surface area (Å²) < 4.78 is 1.75. The van der Waals surface area contributed by atoms with E-state index in [1.807, 2.05) is 43.6 Å². The van der Waals surface area contributed by atoms with Gasteiger partial charge in [0.1, 0.15) is 0 Å². The number of halogens is 1. The van der Waals surface area contributed by atoms with Gasteiger partial charge >= 0.3 is 0 Å². The van der Waals surface area contributed by atoms with Crippen LogP contribution in [0, 0.1) is 0 Å². The minimum Gasteiger partial charge on any atom is -0.322 e. The number of carbonyl (C=O) groups excluding carboxylic acids is 1. The lowest BCUT2D eigenvalue weighted by atomic mass is 10.1. The average Bonchev–Trinajstić information content (AvgIpc) is 2.95. The van der Waals surface area contributed by atoms with Crippen LogP contribution in [-0.2, 0) is 7.05 Å². The van der Waals surface area contributed by atoms with E-state index in [1.54, 1.807) is 28.9 Å². The number of benzene rings is 2. The van der Waals surface area contributed by atoms with Crippen LogP contribution in [0.4, 0.5) is 5.69 Å². The van der Waals surface area contributed by atoms with Crippen molar-refractivity contribution >= 4 is 23.2 Å². The van der Waals surface area contributed by atoms with Gasteiger partial charge in [-0.15, -0.1) is 0 Å². The normalized spacial score (nSPS) is 10.5. The van der Waals surface area contributed by atoms with Gasteiger partial charge in [0.2, 0.25) is 0 Å². The summed E-state index contributed by atoms with van der Waals surface area (Å²) in [4.78, 5) is 12.2. The Morgan fingerprint density at radius 3 is 2.45 bits per heavy atom. The zero-order valence-electron chi connectivity index (χ0n) is 12.0. The van der Waals surface area contributed by atoms with Crippen LogP contribution in [0.5, 0.6) is 0 Å². The molecule has 2 aromatic carbocycles. The molecule has 0 saturated heterocycles. The number of nitrogens with zero attached hydrogens (tertiary/aromatic N) is 2. The van der Waals surface area contributed by atoms with E-state index >= 15 is 0 Å². The maximum Gasteiger partial charge on any atom is 0.257 e. The molecule has 0 radical (unpaired) electrons. The molecule has 0 bridgehead atoms. The molecule has 4 nitrogen and oxygen atoms in total. The van der Waals surface area contributed by atoms with Crippen LogP contribution in [0.2, 0.25) is 5.02 Å². The van der Waals surface area contributed by atoms with Crippen molar-refractivity contribution in [1.29, 1.82) is 0 Å². The molecule has 0 aliphatic rings. The van der Waals surface area contributed by atoms with Crippen molar-refractivity contribution in [2.45, 2.75) is 0 Å². The quantitative estimate of drug-likeness (QED) is 0.795. The predicted octanol–water partition coefficient (Wildman–Crippen LogP) is 3.99. The van der Waals surface area contributed by atoms with Crippen LogP contribution in [0.1, 0.15) is 10.4 Å². The third-order valence-corrected chi connectivity index (χ3v) is 3.60. The van der Waals surface area contributed by atoms with E-state index in [2.05, 4.69) is 10.4 Å². The summed E-state index contributed by atoms with van der Waals surface area (Å²) in [6.07, 6.45) is 1.89. The first-order chi connectivity index (χ1) is 10.6. The number of rotatable bonds is 3. The maximum absolute atomic E-state index is 12.2. The highest BCUT2D eigenvalue weighted by molar-refractivity contribution is 6.34. The number of aromatic nitrogens is 2. The van der Waals surface area contributed by atoms with Crippen LogP contribution in [0.3, 0.4) is 0 Å². The highest BCUT2D eigenvalue weighted by Gasteiger charge is 2.10. The number of amides is 1. The first kappa shape index (κ1) is 14.4. The second-order valence-electron chi connectivity index (χ2n) is 4.89. The van der Waals surface area contributed by atoms with Crippen LogP contribution < -0.4 is 5.32 Å². The van der Waals surface area contributed by atoms with Gasteiger partial charge in [-0.1, -0.05) is 35.9 Å². The Morgan fingerprint density at radius 1 is 1.09 bits per heavy atom. The number of anilines is 1. The molecule has 0 fully saturated rings. The van der Waals surface area contributed by atoms with Gasteiger partial charge in [0.15, 0.2) is 0 Å². The summed E-state index contributed by atoms with van der Waals surface area (Å²) in [6.45, 7) is 0. The smallest absolute Gasteiger partial charge is 0.257 e. The largest absolute Gasteiger partial charge is 0.322 e. The minimum absolute atomic E-state index is 0.226. The van der Waals surface area contributed by atoms with Crippen molar-refractivity contribution in [3.8, 4) is 11.3 Å². The van der Waals surface area contributed by atoms with E-state index in [4.69, 9.17) is 11.6 Å². The molecule has 1 N–H and O–H groups in total. The lowest BCUT2D eigenvalue weighted by molar-refractivity contribution is 0.102. The second-order valence-corrected chi connectivity index (χ2v) is 5.29. The molecule has 0 atom stereocenters. The van der Waals surface area contributed by atoms with Crippen LogP contribution in [-0.4, -0.2) is 15.7 Å².